The maximum atomic E-state index is 9.15. The first-order valence-corrected chi connectivity index (χ1v) is 7.22. The van der Waals surface area contributed by atoms with Crippen LogP contribution in [0, 0.1) is 0 Å². The molecule has 0 amide bonds. The molecule has 2 aromatic carbocycles. The van der Waals surface area contributed by atoms with E-state index in [1.807, 2.05) is 30.3 Å². The molecule has 104 valence electrons. The minimum Gasteiger partial charge on any atom is -0.411 e. The Balaban J connectivity index is 2.11. The zero-order valence-corrected chi connectivity index (χ0v) is 11.9. The molecule has 1 N–H and O–H groups in total. The fraction of sp³-hybridized carbons (Fsp3) is 0.278. The van der Waals surface area contributed by atoms with Crippen LogP contribution in [0.1, 0.15) is 38.2 Å². The monoisotopic (exact) mass is 267 g/mol. The van der Waals surface area contributed by atoms with Gasteiger partial charge in [-0.05, 0) is 29.5 Å². The molecular weight excluding hydrogens is 246 g/mol. The number of hydrogen-bond acceptors (Lipinski definition) is 2. The highest BCUT2D eigenvalue weighted by atomic mass is 16.4. The summed E-state index contributed by atoms with van der Waals surface area (Å²) in [6.07, 6.45) is 4.23. The van der Waals surface area contributed by atoms with Crippen LogP contribution in [0.25, 0.3) is 11.1 Å². The summed E-state index contributed by atoms with van der Waals surface area (Å²) in [6, 6.07) is 18.5. The predicted molar refractivity (Wildman–Crippen MR) is 84.3 cm³/mol. The molecule has 2 heteroatoms. The van der Waals surface area contributed by atoms with E-state index in [4.69, 9.17) is 5.21 Å². The van der Waals surface area contributed by atoms with Crippen molar-refractivity contribution < 1.29 is 5.21 Å². The summed E-state index contributed by atoms with van der Waals surface area (Å²) in [4.78, 5) is 0. The predicted octanol–water partition coefficient (Wildman–Crippen LogP) is 5.11. The first-order chi connectivity index (χ1) is 9.85. The van der Waals surface area contributed by atoms with Gasteiger partial charge in [-0.2, -0.15) is 0 Å². The van der Waals surface area contributed by atoms with Crippen molar-refractivity contribution >= 4 is 5.71 Å². The van der Waals surface area contributed by atoms with Crippen molar-refractivity contribution in [3.05, 3.63) is 60.2 Å². The number of hydrogen-bond donors (Lipinski definition) is 1. The van der Waals surface area contributed by atoms with Crippen LogP contribution in [0.15, 0.2) is 59.8 Å². The van der Waals surface area contributed by atoms with Gasteiger partial charge < -0.3 is 5.21 Å². The smallest absolute Gasteiger partial charge is 0.0867 e. The summed E-state index contributed by atoms with van der Waals surface area (Å²) < 4.78 is 0. The average Bonchev–Trinajstić information content (AvgIpc) is 2.53. The Morgan fingerprint density at radius 3 is 2.15 bits per heavy atom. The number of rotatable bonds is 6. The molecule has 0 radical (unpaired) electrons. The highest BCUT2D eigenvalue weighted by molar-refractivity contribution is 6.00. The van der Waals surface area contributed by atoms with Crippen LogP contribution in [0.5, 0.6) is 0 Å². The third-order valence-corrected chi connectivity index (χ3v) is 3.46. The van der Waals surface area contributed by atoms with Gasteiger partial charge in [0, 0.05) is 0 Å². The molecule has 0 aliphatic carbocycles. The number of oxime groups is 1. The quantitative estimate of drug-likeness (QED) is 0.335. The van der Waals surface area contributed by atoms with Crippen LogP contribution in [-0.2, 0) is 0 Å². The van der Waals surface area contributed by atoms with Crippen molar-refractivity contribution in [2.24, 2.45) is 5.16 Å². The lowest BCUT2D eigenvalue weighted by molar-refractivity contribution is 0.317. The second kappa shape index (κ2) is 7.49. The number of unbranched alkanes of at least 4 members (excludes halogenated alkanes) is 2. The van der Waals surface area contributed by atoms with Gasteiger partial charge in [0.25, 0.3) is 0 Å². The van der Waals surface area contributed by atoms with Crippen molar-refractivity contribution in [3.63, 3.8) is 0 Å². The Hall–Kier alpha value is -2.09. The number of nitrogens with zero attached hydrogens (tertiary/aromatic N) is 1. The van der Waals surface area contributed by atoms with Gasteiger partial charge in [-0.15, -0.1) is 0 Å². The molecule has 0 spiro atoms. The summed E-state index contributed by atoms with van der Waals surface area (Å²) in [5, 5.41) is 12.6. The number of benzene rings is 2. The van der Waals surface area contributed by atoms with Gasteiger partial charge in [0.15, 0.2) is 0 Å². The Labute approximate surface area is 120 Å². The molecule has 0 saturated carbocycles. The largest absolute Gasteiger partial charge is 0.411 e. The molecule has 20 heavy (non-hydrogen) atoms. The summed E-state index contributed by atoms with van der Waals surface area (Å²) in [5.74, 6) is 0. The summed E-state index contributed by atoms with van der Waals surface area (Å²) in [5.41, 5.74) is 4.16. The molecule has 0 heterocycles. The highest BCUT2D eigenvalue weighted by Crippen LogP contribution is 2.20. The topological polar surface area (TPSA) is 32.6 Å². The second-order valence-electron chi connectivity index (χ2n) is 4.95. The van der Waals surface area contributed by atoms with Gasteiger partial charge >= 0.3 is 0 Å². The van der Waals surface area contributed by atoms with Crippen molar-refractivity contribution in [1.29, 1.82) is 0 Å². The lowest BCUT2D eigenvalue weighted by Gasteiger charge is -2.06. The summed E-state index contributed by atoms with van der Waals surface area (Å²) in [7, 11) is 0. The fourth-order valence-electron chi connectivity index (χ4n) is 2.28. The molecule has 0 aliphatic rings. The van der Waals surface area contributed by atoms with Crippen molar-refractivity contribution in [2.75, 3.05) is 0 Å². The van der Waals surface area contributed by atoms with E-state index >= 15 is 0 Å². The SMILES string of the molecule is CCCCC/C(=N/O)c1ccc(-c2ccccc2)cc1. The maximum Gasteiger partial charge on any atom is 0.0867 e. The standard InChI is InChI=1S/C18H21NO/c1-2-3-5-10-18(19-20)17-13-11-16(12-14-17)15-8-6-4-7-9-15/h4,6-9,11-14,20H,2-3,5,10H2,1H3/b19-18-. The first kappa shape index (κ1) is 14.3. The zero-order valence-electron chi connectivity index (χ0n) is 11.9. The van der Waals surface area contributed by atoms with E-state index in [2.05, 4.69) is 36.3 Å². The van der Waals surface area contributed by atoms with Crippen molar-refractivity contribution in [2.45, 2.75) is 32.6 Å². The highest BCUT2D eigenvalue weighted by Gasteiger charge is 2.05. The van der Waals surface area contributed by atoms with Gasteiger partial charge in [0.2, 0.25) is 0 Å². The summed E-state index contributed by atoms with van der Waals surface area (Å²) in [6.45, 7) is 2.17. The van der Waals surface area contributed by atoms with Crippen LogP contribution >= 0.6 is 0 Å². The van der Waals surface area contributed by atoms with E-state index in [1.54, 1.807) is 0 Å². The van der Waals surface area contributed by atoms with Crippen molar-refractivity contribution in [1.82, 2.24) is 0 Å². The molecule has 0 aliphatic heterocycles. The Kier molecular flexibility index (Phi) is 5.36. The van der Waals surface area contributed by atoms with Gasteiger partial charge in [-0.25, -0.2) is 0 Å². The minimum absolute atomic E-state index is 0.776. The van der Waals surface area contributed by atoms with Crippen molar-refractivity contribution in [3.8, 4) is 11.1 Å². The molecule has 0 atom stereocenters. The Morgan fingerprint density at radius 1 is 0.900 bits per heavy atom. The minimum atomic E-state index is 0.776. The molecule has 0 fully saturated rings. The second-order valence-corrected chi connectivity index (χ2v) is 4.95. The van der Waals surface area contributed by atoms with E-state index in [1.165, 1.54) is 24.0 Å². The molecule has 2 rings (SSSR count). The van der Waals surface area contributed by atoms with Crippen LogP contribution in [0.3, 0.4) is 0 Å². The molecule has 0 unspecified atom stereocenters. The maximum absolute atomic E-state index is 9.15. The lowest BCUT2D eigenvalue weighted by atomic mass is 10.00. The fourth-order valence-corrected chi connectivity index (χ4v) is 2.28. The zero-order chi connectivity index (χ0) is 14.2. The molecular formula is C18H21NO. The van der Waals surface area contributed by atoms with Crippen LogP contribution in [-0.4, -0.2) is 10.9 Å². The molecule has 0 bridgehead atoms. The van der Waals surface area contributed by atoms with Gasteiger partial charge in [-0.3, -0.25) is 0 Å². The third kappa shape index (κ3) is 3.70. The molecule has 2 nitrogen and oxygen atoms in total. The van der Waals surface area contributed by atoms with Crippen LogP contribution in [0.4, 0.5) is 0 Å². The first-order valence-electron chi connectivity index (χ1n) is 7.22. The van der Waals surface area contributed by atoms with Gasteiger partial charge in [-0.1, -0.05) is 79.5 Å². The van der Waals surface area contributed by atoms with Crippen LogP contribution in [0.2, 0.25) is 0 Å². The Bertz CT molecular complexity index is 543. The van der Waals surface area contributed by atoms with E-state index in [9.17, 15) is 0 Å². The van der Waals surface area contributed by atoms with E-state index < -0.39 is 0 Å². The van der Waals surface area contributed by atoms with Crippen LogP contribution < -0.4 is 0 Å². The summed E-state index contributed by atoms with van der Waals surface area (Å²) >= 11 is 0. The van der Waals surface area contributed by atoms with E-state index in [0.29, 0.717) is 0 Å². The average molecular weight is 267 g/mol. The third-order valence-electron chi connectivity index (χ3n) is 3.46. The molecule has 0 aromatic heterocycles. The van der Waals surface area contributed by atoms with Gasteiger partial charge in [0.1, 0.15) is 0 Å². The van der Waals surface area contributed by atoms with E-state index in [-0.39, 0.29) is 0 Å². The van der Waals surface area contributed by atoms with Gasteiger partial charge in [0.05, 0.1) is 5.71 Å². The van der Waals surface area contributed by atoms with E-state index in [0.717, 1.165) is 24.1 Å². The Morgan fingerprint density at radius 2 is 1.55 bits per heavy atom. The normalized spacial score (nSPS) is 11.6. The molecule has 0 saturated heterocycles. The lowest BCUT2D eigenvalue weighted by Crippen LogP contribution is -2.01. The molecule has 2 aromatic rings.